The van der Waals surface area contributed by atoms with Crippen LogP contribution < -0.4 is 5.73 Å². The Hall–Kier alpha value is -3.87. The molecule has 3 heterocycles. The van der Waals surface area contributed by atoms with E-state index in [1.54, 1.807) is 48.1 Å². The van der Waals surface area contributed by atoms with Crippen LogP contribution in [0.25, 0.3) is 16.8 Å². The van der Waals surface area contributed by atoms with Crippen LogP contribution in [0.5, 0.6) is 0 Å². The van der Waals surface area contributed by atoms with E-state index >= 15 is 0 Å². The Labute approximate surface area is 217 Å². The highest BCUT2D eigenvalue weighted by atomic mass is 35.5. The second-order valence-electron chi connectivity index (χ2n) is 8.72. The Morgan fingerprint density at radius 2 is 1.84 bits per heavy atom. The number of rotatable bonds is 6. The summed E-state index contributed by atoms with van der Waals surface area (Å²) in [5, 5.41) is 11.8. The summed E-state index contributed by atoms with van der Waals surface area (Å²) in [5.74, 6) is 0.302. The normalized spacial score (nSPS) is 15.9. The number of aliphatic imine (C=N–C) groups is 1. The average Bonchev–Trinajstić information content (AvgIpc) is 3.42. The summed E-state index contributed by atoms with van der Waals surface area (Å²) in [7, 11) is -4.47. The van der Waals surface area contributed by atoms with E-state index in [2.05, 4.69) is 15.3 Å². The lowest BCUT2D eigenvalue weighted by atomic mass is 9.96. The predicted octanol–water partition coefficient (Wildman–Crippen LogP) is 2.75. The first kappa shape index (κ1) is 24.8. The van der Waals surface area contributed by atoms with E-state index in [4.69, 9.17) is 22.3 Å². The Morgan fingerprint density at radius 1 is 1.14 bits per heavy atom. The quantitative estimate of drug-likeness (QED) is 0.356. The first-order valence-corrected chi connectivity index (χ1v) is 13.1. The summed E-state index contributed by atoms with van der Waals surface area (Å²) in [5.41, 5.74) is 9.36. The van der Waals surface area contributed by atoms with E-state index in [0.29, 0.717) is 33.4 Å². The lowest BCUT2D eigenvalue weighted by Crippen LogP contribution is -2.26. The van der Waals surface area contributed by atoms with Crippen LogP contribution in [0.4, 0.5) is 0 Å². The fourth-order valence-corrected chi connectivity index (χ4v) is 4.94. The van der Waals surface area contributed by atoms with Crippen molar-refractivity contribution >= 4 is 33.3 Å². The van der Waals surface area contributed by atoms with Crippen molar-refractivity contribution in [2.24, 2.45) is 10.7 Å². The number of hydrogen-bond acceptors (Lipinski definition) is 7. The van der Waals surface area contributed by atoms with Gasteiger partial charge in [0.2, 0.25) is 5.91 Å². The maximum Gasteiger partial charge on any atom is 0.270 e. The van der Waals surface area contributed by atoms with Crippen molar-refractivity contribution < 1.29 is 17.8 Å². The third-order valence-corrected chi connectivity index (χ3v) is 7.64. The molecule has 2 atom stereocenters. The zero-order chi connectivity index (χ0) is 26.5. The number of carbonyl (C=O) groups excluding carboxylic acids is 1. The van der Waals surface area contributed by atoms with Crippen molar-refractivity contribution in [1.82, 2.24) is 24.5 Å². The average molecular weight is 540 g/mol. The molecule has 0 saturated carbocycles. The number of halogens is 1. The van der Waals surface area contributed by atoms with Gasteiger partial charge in [-0.25, -0.2) is 0 Å². The second-order valence-corrected chi connectivity index (χ2v) is 10.9. The van der Waals surface area contributed by atoms with Crippen molar-refractivity contribution in [1.29, 1.82) is 0 Å². The van der Waals surface area contributed by atoms with Crippen LogP contribution in [0.3, 0.4) is 0 Å². The van der Waals surface area contributed by atoms with Gasteiger partial charge in [-0.15, -0.1) is 10.2 Å². The van der Waals surface area contributed by atoms with Gasteiger partial charge in [-0.3, -0.25) is 23.6 Å². The Bertz CT molecular complexity index is 1660. The second kappa shape index (κ2) is 9.21. The number of hydrogen-bond donors (Lipinski definition) is 2. The number of nitrogens with two attached hydrogens (primary N) is 1. The van der Waals surface area contributed by atoms with Gasteiger partial charge in [0.25, 0.3) is 10.1 Å². The van der Waals surface area contributed by atoms with Gasteiger partial charge in [0.05, 0.1) is 17.6 Å². The Kier molecular flexibility index (Phi) is 6.18. The first-order chi connectivity index (χ1) is 17.5. The fraction of sp³-hybridized carbons (Fsp3) is 0.208. The summed E-state index contributed by atoms with van der Waals surface area (Å²) in [4.78, 5) is 16.2. The number of carbonyl (C=O) groups is 1. The van der Waals surface area contributed by atoms with Crippen LogP contribution in [-0.4, -0.2) is 54.4 Å². The minimum atomic E-state index is -4.47. The van der Waals surface area contributed by atoms with E-state index < -0.39 is 27.3 Å². The number of aryl methyl sites for hydroxylation is 1. The molecule has 4 aromatic rings. The van der Waals surface area contributed by atoms with Crippen LogP contribution in [0, 0.1) is 6.92 Å². The van der Waals surface area contributed by atoms with Crippen molar-refractivity contribution in [3.05, 3.63) is 82.7 Å². The molecule has 2 aromatic carbocycles. The molecule has 0 fully saturated rings. The molecule has 2 aromatic heterocycles. The van der Waals surface area contributed by atoms with Gasteiger partial charge in [-0.05, 0) is 43.7 Å². The van der Waals surface area contributed by atoms with Crippen LogP contribution in [0.1, 0.15) is 35.7 Å². The molecule has 1 aliphatic rings. The molecule has 5 rings (SSSR count). The van der Waals surface area contributed by atoms with Crippen LogP contribution in [0.2, 0.25) is 5.02 Å². The maximum atomic E-state index is 12.2. The molecule has 3 N–H and O–H groups in total. The van der Waals surface area contributed by atoms with Gasteiger partial charge < -0.3 is 5.73 Å². The molecular weight excluding hydrogens is 518 g/mol. The molecule has 37 heavy (non-hydrogen) atoms. The molecule has 1 aliphatic heterocycles. The minimum Gasteiger partial charge on any atom is -0.368 e. The standard InChI is InChI=1S/C24H22ClN7O4S/c1-13(37(34,35)36)22-24-30-29-14(2)32(24)20-8-5-16(17-10-27-31(11-17)12-21(26)33)9-19(20)23(28-22)15-3-6-18(25)7-4-15/h3-11,13,22H,12H2,1-2H3,(H2,26,33)(H,34,35,36)/t13-,22?/m1/s1. The molecule has 1 unspecified atom stereocenters. The lowest BCUT2D eigenvalue weighted by Gasteiger charge is -2.17. The molecule has 1 amide bonds. The molecule has 0 bridgehead atoms. The fourth-order valence-electron chi connectivity index (χ4n) is 4.31. The van der Waals surface area contributed by atoms with E-state index in [1.165, 1.54) is 11.6 Å². The van der Waals surface area contributed by atoms with Gasteiger partial charge in [-0.1, -0.05) is 29.8 Å². The highest BCUT2D eigenvalue weighted by Gasteiger charge is 2.37. The zero-order valence-corrected chi connectivity index (χ0v) is 21.3. The number of nitrogens with zero attached hydrogens (tertiary/aromatic N) is 6. The number of fused-ring (bicyclic) bond motifs is 3. The van der Waals surface area contributed by atoms with Crippen molar-refractivity contribution in [2.75, 3.05) is 0 Å². The van der Waals surface area contributed by atoms with Gasteiger partial charge in [0.15, 0.2) is 5.82 Å². The van der Waals surface area contributed by atoms with Gasteiger partial charge >= 0.3 is 0 Å². The summed E-state index contributed by atoms with van der Waals surface area (Å²) in [6, 6.07) is 11.6. The van der Waals surface area contributed by atoms with Gasteiger partial charge in [0, 0.05) is 27.9 Å². The molecule has 13 heteroatoms. The first-order valence-electron chi connectivity index (χ1n) is 11.2. The summed E-state index contributed by atoms with van der Waals surface area (Å²) in [6.45, 7) is 3.08. The number of amides is 1. The maximum absolute atomic E-state index is 12.2. The third kappa shape index (κ3) is 4.66. The Morgan fingerprint density at radius 3 is 2.51 bits per heavy atom. The van der Waals surface area contributed by atoms with E-state index in [9.17, 15) is 17.8 Å². The molecule has 11 nitrogen and oxygen atoms in total. The monoisotopic (exact) mass is 539 g/mol. The van der Waals surface area contributed by atoms with Crippen LogP contribution in [0.15, 0.2) is 59.9 Å². The van der Waals surface area contributed by atoms with Crippen molar-refractivity contribution in [2.45, 2.75) is 31.7 Å². The Balaban J connectivity index is 1.76. The zero-order valence-electron chi connectivity index (χ0n) is 19.8. The predicted molar refractivity (Wildman–Crippen MR) is 137 cm³/mol. The number of primary amides is 1. The third-order valence-electron chi connectivity index (χ3n) is 6.19. The van der Waals surface area contributed by atoms with Crippen molar-refractivity contribution in [3.8, 4) is 16.8 Å². The lowest BCUT2D eigenvalue weighted by molar-refractivity contribution is -0.118. The van der Waals surface area contributed by atoms with Crippen LogP contribution in [-0.2, 0) is 21.5 Å². The van der Waals surface area contributed by atoms with Gasteiger partial charge in [-0.2, -0.15) is 13.5 Å². The minimum absolute atomic E-state index is 0.0547. The summed E-state index contributed by atoms with van der Waals surface area (Å²) in [6.07, 6.45) is 3.33. The largest absolute Gasteiger partial charge is 0.368 e. The molecule has 0 spiro atoms. The molecule has 190 valence electrons. The number of aromatic nitrogens is 5. The van der Waals surface area contributed by atoms with E-state index in [0.717, 1.165) is 11.1 Å². The number of benzene rings is 2. The SMILES string of the molecule is Cc1nnc2n1-c1ccc(-c3cnn(CC(N)=O)c3)cc1C(c1ccc(Cl)cc1)=NC2[C@@H](C)S(=O)(=O)O. The highest BCUT2D eigenvalue weighted by Crippen LogP contribution is 2.36. The van der Waals surface area contributed by atoms with Gasteiger partial charge in [0.1, 0.15) is 23.7 Å². The topological polar surface area (TPSA) is 158 Å². The summed E-state index contributed by atoms with van der Waals surface area (Å²) < 4.78 is 37.5. The molecule has 0 aliphatic carbocycles. The van der Waals surface area contributed by atoms with E-state index in [1.807, 2.05) is 18.2 Å². The summed E-state index contributed by atoms with van der Waals surface area (Å²) >= 11 is 6.13. The molecule has 0 radical (unpaired) electrons. The molecule has 0 saturated heterocycles. The smallest absolute Gasteiger partial charge is 0.270 e. The van der Waals surface area contributed by atoms with E-state index in [-0.39, 0.29) is 12.4 Å². The molecular formula is C24H22ClN7O4S. The van der Waals surface area contributed by atoms with Crippen LogP contribution >= 0.6 is 11.6 Å². The van der Waals surface area contributed by atoms with Crippen molar-refractivity contribution in [3.63, 3.8) is 0 Å². The highest BCUT2D eigenvalue weighted by molar-refractivity contribution is 7.86.